The van der Waals surface area contributed by atoms with Crippen molar-refractivity contribution in [1.82, 2.24) is 0 Å². The van der Waals surface area contributed by atoms with Gasteiger partial charge < -0.3 is 0 Å². The van der Waals surface area contributed by atoms with Gasteiger partial charge in [-0.15, -0.1) is 0 Å². The molecule has 1 saturated heterocycles. The van der Waals surface area contributed by atoms with E-state index in [1.54, 1.807) is 11.3 Å². The van der Waals surface area contributed by atoms with E-state index in [1.807, 2.05) is 0 Å². The van der Waals surface area contributed by atoms with Gasteiger partial charge in [-0.05, 0) is 0 Å². The average Bonchev–Trinajstić information content (AvgIpc) is 1.85. The summed E-state index contributed by atoms with van der Waals surface area (Å²) in [6, 6.07) is 3.07. The van der Waals surface area contributed by atoms with Gasteiger partial charge in [0.2, 0.25) is 0 Å². The molecule has 0 aromatic heterocycles. The van der Waals surface area contributed by atoms with Gasteiger partial charge in [-0.2, -0.15) is 0 Å². The van der Waals surface area contributed by atoms with Gasteiger partial charge in [-0.1, -0.05) is 50.4 Å². The van der Waals surface area contributed by atoms with Crippen LogP contribution in [0, 0.1) is 0 Å². The third-order valence-electron chi connectivity index (χ3n) is 3.41. The van der Waals surface area contributed by atoms with Crippen LogP contribution in [-0.4, -0.2) is 16.1 Å². The zero-order chi connectivity index (χ0) is 7.83. The van der Waals surface area contributed by atoms with Crippen LogP contribution in [0.3, 0.4) is 0 Å². The molecule has 0 saturated carbocycles. The number of rotatable bonds is 2. The Balaban J connectivity index is 2.42. The highest BCUT2D eigenvalue weighted by molar-refractivity contribution is 7.12. The quantitative estimate of drug-likeness (QED) is 0.561. The Hall–Kier alpha value is 0.434. The highest BCUT2D eigenvalue weighted by Crippen LogP contribution is 2.44. The van der Waals surface area contributed by atoms with Gasteiger partial charge in [0.1, 0.15) is 0 Å². The van der Waals surface area contributed by atoms with Crippen LogP contribution in [-0.2, 0) is 0 Å². The lowest BCUT2D eigenvalue weighted by molar-refractivity contribution is 1.17. The van der Waals surface area contributed by atoms with Gasteiger partial charge in [-0.25, -0.2) is 0 Å². The van der Waals surface area contributed by atoms with Gasteiger partial charge in [-0.3, -0.25) is 0 Å². The normalized spacial score (nSPS) is 46.8. The van der Waals surface area contributed by atoms with Crippen molar-refractivity contribution in [2.45, 2.75) is 50.4 Å². The van der Waals surface area contributed by atoms with Crippen molar-refractivity contribution in [2.75, 3.05) is 0 Å². The van der Waals surface area contributed by atoms with Crippen molar-refractivity contribution in [3.63, 3.8) is 0 Å². The number of hydrogen-bond acceptors (Lipinski definition) is 0. The second kappa shape index (κ2) is 2.48. The minimum atomic E-state index is -0.565. The molecule has 0 atom stereocenters. The van der Waals surface area contributed by atoms with Crippen LogP contribution in [0.15, 0.2) is 0 Å². The van der Waals surface area contributed by atoms with Crippen molar-refractivity contribution in [3.8, 4) is 0 Å². The molecule has 0 spiro atoms. The Morgan fingerprint density at radius 3 is 1.40 bits per heavy atom. The molecule has 1 rings (SSSR count). The molecule has 1 aliphatic rings. The summed E-state index contributed by atoms with van der Waals surface area (Å²) in [5.74, 6) is 0. The fourth-order valence-electron chi connectivity index (χ4n) is 2.51. The van der Waals surface area contributed by atoms with Crippen molar-refractivity contribution >= 4 is 16.1 Å². The van der Waals surface area contributed by atoms with Gasteiger partial charge in [0.15, 0.2) is 0 Å². The Bertz CT molecular complexity index is 111. The predicted octanol–water partition coefficient (Wildman–Crippen LogP) is 3.28. The van der Waals surface area contributed by atoms with Crippen LogP contribution in [0.5, 0.6) is 0 Å². The lowest BCUT2D eigenvalue weighted by atomic mass is 11.0. The van der Waals surface area contributed by atoms with Crippen molar-refractivity contribution in [2.24, 2.45) is 0 Å². The molecule has 0 aliphatic carbocycles. The van der Waals surface area contributed by atoms with E-state index in [1.165, 1.54) is 12.1 Å². The van der Waals surface area contributed by atoms with E-state index >= 15 is 0 Å². The van der Waals surface area contributed by atoms with Crippen LogP contribution in [0.2, 0.25) is 36.5 Å². The molecular weight excluding hydrogens is 152 g/mol. The summed E-state index contributed by atoms with van der Waals surface area (Å²) < 4.78 is 0. The molecule has 2 heteroatoms. The predicted molar refractivity (Wildman–Crippen MR) is 53.8 cm³/mol. The largest absolute Gasteiger partial charge is 0.0696 e. The van der Waals surface area contributed by atoms with Gasteiger partial charge >= 0.3 is 0 Å². The molecule has 0 aromatic rings. The first kappa shape index (κ1) is 8.53. The SMILES string of the molecule is CC[Si]1(C)C[Si](C)(CC)C1. The number of hydrogen-bond donors (Lipinski definition) is 0. The molecule has 0 radical (unpaired) electrons. The Kier molecular flexibility index (Phi) is 2.12. The van der Waals surface area contributed by atoms with Crippen molar-refractivity contribution in [3.05, 3.63) is 0 Å². The molecule has 0 aromatic carbocycles. The van der Waals surface area contributed by atoms with E-state index in [9.17, 15) is 0 Å². The third-order valence-corrected chi connectivity index (χ3v) is 20.5. The molecule has 0 unspecified atom stereocenters. The molecule has 10 heavy (non-hydrogen) atoms. The summed E-state index contributed by atoms with van der Waals surface area (Å²) >= 11 is 0. The van der Waals surface area contributed by atoms with E-state index in [2.05, 4.69) is 26.9 Å². The van der Waals surface area contributed by atoms with E-state index in [4.69, 9.17) is 0 Å². The first-order valence-corrected chi connectivity index (χ1v) is 10.8. The van der Waals surface area contributed by atoms with Crippen LogP contribution < -0.4 is 0 Å². The highest BCUT2D eigenvalue weighted by atomic mass is 28.5. The molecule has 0 amide bonds. The Morgan fingerprint density at radius 1 is 0.900 bits per heavy atom. The maximum absolute atomic E-state index is 2.59. The Morgan fingerprint density at radius 2 is 1.20 bits per heavy atom. The summed E-state index contributed by atoms with van der Waals surface area (Å²) in [4.78, 5) is 0. The standard InChI is InChI=1S/C8H20Si2/c1-5-9(3)7-10(4,6-2)8-9/h5-8H2,1-4H3. The van der Waals surface area contributed by atoms with Gasteiger partial charge in [0, 0.05) is 16.1 Å². The van der Waals surface area contributed by atoms with Crippen LogP contribution in [0.1, 0.15) is 13.8 Å². The van der Waals surface area contributed by atoms with Crippen LogP contribution in [0.4, 0.5) is 0 Å². The topological polar surface area (TPSA) is 0 Å². The van der Waals surface area contributed by atoms with Crippen molar-refractivity contribution < 1.29 is 0 Å². The summed E-state index contributed by atoms with van der Waals surface area (Å²) in [6.07, 6.45) is 0. The fourth-order valence-corrected chi connectivity index (χ4v) is 22.6. The second-order valence-corrected chi connectivity index (χ2v) is 16.2. The molecule has 0 bridgehead atoms. The molecule has 0 N–H and O–H groups in total. The lowest BCUT2D eigenvalue weighted by Crippen LogP contribution is -2.58. The van der Waals surface area contributed by atoms with Crippen molar-refractivity contribution in [1.29, 1.82) is 0 Å². The maximum Gasteiger partial charge on any atom is 0.0449 e. The molecular formula is C8H20Si2. The van der Waals surface area contributed by atoms with Crippen LogP contribution >= 0.6 is 0 Å². The zero-order valence-corrected chi connectivity index (χ0v) is 9.83. The summed E-state index contributed by atoms with van der Waals surface area (Å²) in [5.41, 5.74) is 3.46. The first-order chi connectivity index (χ1) is 4.54. The van der Waals surface area contributed by atoms with Crippen LogP contribution in [0.25, 0.3) is 0 Å². The van der Waals surface area contributed by atoms with Gasteiger partial charge in [0.25, 0.3) is 0 Å². The second-order valence-electron chi connectivity index (χ2n) is 4.68. The molecule has 0 nitrogen and oxygen atoms in total. The van der Waals surface area contributed by atoms with E-state index in [0.717, 1.165) is 0 Å². The third kappa shape index (κ3) is 1.37. The summed E-state index contributed by atoms with van der Waals surface area (Å²) in [6.45, 7) is 9.99. The average molecular weight is 172 g/mol. The molecule has 60 valence electrons. The minimum absolute atomic E-state index is 0.565. The first-order valence-electron chi connectivity index (χ1n) is 4.54. The molecule has 1 heterocycles. The lowest BCUT2D eigenvalue weighted by Gasteiger charge is -2.50. The minimum Gasteiger partial charge on any atom is -0.0696 e. The molecule has 1 aliphatic heterocycles. The van der Waals surface area contributed by atoms with E-state index < -0.39 is 16.1 Å². The zero-order valence-electron chi connectivity index (χ0n) is 7.83. The van der Waals surface area contributed by atoms with Gasteiger partial charge in [0.05, 0.1) is 0 Å². The van der Waals surface area contributed by atoms with E-state index in [0.29, 0.717) is 0 Å². The molecule has 1 fully saturated rings. The summed E-state index contributed by atoms with van der Waals surface area (Å²) in [7, 11) is -1.13. The van der Waals surface area contributed by atoms with E-state index in [-0.39, 0.29) is 0 Å². The fraction of sp³-hybridized carbons (Fsp3) is 1.00. The Labute approximate surface area is 67.0 Å². The maximum atomic E-state index is 2.59. The summed E-state index contributed by atoms with van der Waals surface area (Å²) in [5, 5.41) is 0. The monoisotopic (exact) mass is 172 g/mol. The highest BCUT2D eigenvalue weighted by Gasteiger charge is 2.48. The smallest absolute Gasteiger partial charge is 0.0449 e.